The molecule has 1 saturated carbocycles. The summed E-state index contributed by atoms with van der Waals surface area (Å²) in [6.45, 7) is 7.18. The third-order valence-corrected chi connectivity index (χ3v) is 7.88. The number of nitrogens with zero attached hydrogens (tertiary/aromatic N) is 3. The summed E-state index contributed by atoms with van der Waals surface area (Å²) in [6, 6.07) is 6.21. The second-order valence-electron chi connectivity index (χ2n) is 10.1. The summed E-state index contributed by atoms with van der Waals surface area (Å²) in [6.07, 6.45) is 12.2. The summed E-state index contributed by atoms with van der Waals surface area (Å²) in [5.41, 5.74) is 2.03. The van der Waals surface area contributed by atoms with Crippen molar-refractivity contribution in [3.63, 3.8) is 0 Å². The molecule has 0 bridgehead atoms. The van der Waals surface area contributed by atoms with Crippen molar-refractivity contribution in [3.05, 3.63) is 23.8 Å². The van der Waals surface area contributed by atoms with Crippen LogP contribution in [0.4, 0.5) is 0 Å². The number of piperidine rings is 2. The molecular weight excluding hydrogens is 402 g/mol. The van der Waals surface area contributed by atoms with Crippen molar-refractivity contribution < 1.29 is 14.3 Å². The molecule has 6 nitrogen and oxygen atoms in total. The normalized spacial score (nSPS) is 24.5. The van der Waals surface area contributed by atoms with Gasteiger partial charge in [0.2, 0.25) is 0 Å². The molecule has 0 amide bonds. The number of hydrogen-bond acceptors (Lipinski definition) is 6. The lowest BCUT2D eigenvalue weighted by Gasteiger charge is -2.38. The molecule has 0 radical (unpaired) electrons. The summed E-state index contributed by atoms with van der Waals surface area (Å²) in [5, 5.41) is 4.55. The average molecular weight is 442 g/mol. The summed E-state index contributed by atoms with van der Waals surface area (Å²) in [7, 11) is 1.71. The molecular formula is C26H39N3O3. The third kappa shape index (κ3) is 5.07. The highest BCUT2D eigenvalue weighted by atomic mass is 16.7. The molecule has 5 rings (SSSR count). The number of hydrogen-bond donors (Lipinski definition) is 0. The second-order valence-corrected chi connectivity index (χ2v) is 10.1. The van der Waals surface area contributed by atoms with Gasteiger partial charge in [-0.05, 0) is 69.8 Å². The van der Waals surface area contributed by atoms with Crippen LogP contribution in [0.25, 0.3) is 0 Å². The predicted octanol–water partition coefficient (Wildman–Crippen LogP) is 4.46. The van der Waals surface area contributed by atoms with E-state index >= 15 is 0 Å². The van der Waals surface area contributed by atoms with Gasteiger partial charge in [0.05, 0.1) is 18.9 Å². The van der Waals surface area contributed by atoms with Gasteiger partial charge in [-0.3, -0.25) is 0 Å². The van der Waals surface area contributed by atoms with E-state index in [1.165, 1.54) is 58.3 Å². The maximum absolute atomic E-state index is 6.29. The Labute approximate surface area is 192 Å². The van der Waals surface area contributed by atoms with Crippen molar-refractivity contribution in [2.45, 2.75) is 75.9 Å². The van der Waals surface area contributed by atoms with Crippen molar-refractivity contribution in [1.82, 2.24) is 9.80 Å². The lowest BCUT2D eigenvalue weighted by Crippen LogP contribution is -2.47. The molecule has 0 atom stereocenters. The van der Waals surface area contributed by atoms with Crippen molar-refractivity contribution in [3.8, 4) is 11.5 Å². The molecule has 0 unspecified atom stereocenters. The van der Waals surface area contributed by atoms with Crippen LogP contribution in [0.3, 0.4) is 0 Å². The van der Waals surface area contributed by atoms with Gasteiger partial charge >= 0.3 is 0 Å². The molecule has 6 heteroatoms. The Bertz CT molecular complexity index is 792. The third-order valence-electron chi connectivity index (χ3n) is 7.88. The smallest absolute Gasteiger partial charge is 0.162 e. The summed E-state index contributed by atoms with van der Waals surface area (Å²) < 4.78 is 11.9. The van der Waals surface area contributed by atoms with Gasteiger partial charge in [-0.15, -0.1) is 0 Å². The predicted molar refractivity (Wildman–Crippen MR) is 127 cm³/mol. The van der Waals surface area contributed by atoms with Gasteiger partial charge in [0, 0.05) is 51.0 Å². The number of likely N-dealkylation sites (tertiary alicyclic amines) is 2. The minimum absolute atomic E-state index is 0.122. The van der Waals surface area contributed by atoms with E-state index < -0.39 is 0 Å². The highest BCUT2D eigenvalue weighted by Crippen LogP contribution is 2.38. The molecule has 0 aromatic heterocycles. The zero-order valence-corrected chi connectivity index (χ0v) is 19.7. The first-order chi connectivity index (χ1) is 15.7. The molecule has 1 aromatic carbocycles. The van der Waals surface area contributed by atoms with Crippen LogP contribution < -0.4 is 9.47 Å². The fraction of sp³-hybridized carbons (Fsp3) is 0.731. The minimum atomic E-state index is -0.122. The first-order valence-corrected chi connectivity index (χ1v) is 12.8. The number of benzene rings is 1. The van der Waals surface area contributed by atoms with Crippen molar-refractivity contribution in [2.75, 3.05) is 46.4 Å². The fourth-order valence-corrected chi connectivity index (χ4v) is 5.73. The Balaban J connectivity index is 1.15. The quantitative estimate of drug-likeness (QED) is 0.625. The highest BCUT2D eigenvalue weighted by Gasteiger charge is 2.42. The average Bonchev–Trinajstić information content (AvgIpc) is 3.50. The first-order valence-electron chi connectivity index (χ1n) is 12.8. The number of methoxy groups -OCH3 is 1. The Morgan fingerprint density at radius 2 is 1.66 bits per heavy atom. The molecule has 32 heavy (non-hydrogen) atoms. The van der Waals surface area contributed by atoms with Crippen LogP contribution in [-0.4, -0.2) is 73.6 Å². The molecule has 2 saturated heterocycles. The zero-order chi connectivity index (χ0) is 21.8. The van der Waals surface area contributed by atoms with Crippen LogP contribution in [0.2, 0.25) is 0 Å². The maximum Gasteiger partial charge on any atom is 0.162 e. The van der Waals surface area contributed by atoms with E-state index in [1.807, 2.05) is 6.07 Å². The van der Waals surface area contributed by atoms with Gasteiger partial charge in [0.15, 0.2) is 11.5 Å². The molecule has 176 valence electrons. The standard InChI is InChI=1S/C26H39N3O3/c1-30-24-10-9-21(19-25(24)31-22-7-3-4-8-22)23-20-26(32-27-23)11-15-29(16-12-26)18-17-28-13-5-2-6-14-28/h9-10,19,22H,2-8,11-18,20H2,1H3. The first kappa shape index (κ1) is 22.0. The van der Waals surface area contributed by atoms with Crippen LogP contribution in [-0.2, 0) is 4.84 Å². The molecule has 4 aliphatic rings. The van der Waals surface area contributed by atoms with Gasteiger partial charge in [-0.25, -0.2) is 0 Å². The Hall–Kier alpha value is -1.79. The van der Waals surface area contributed by atoms with E-state index in [0.29, 0.717) is 6.10 Å². The van der Waals surface area contributed by atoms with E-state index in [0.717, 1.165) is 68.0 Å². The molecule has 3 fully saturated rings. The van der Waals surface area contributed by atoms with E-state index in [1.54, 1.807) is 7.11 Å². The van der Waals surface area contributed by atoms with Crippen molar-refractivity contribution in [1.29, 1.82) is 0 Å². The monoisotopic (exact) mass is 441 g/mol. The van der Waals surface area contributed by atoms with Crippen LogP contribution >= 0.6 is 0 Å². The topological polar surface area (TPSA) is 46.5 Å². The summed E-state index contributed by atoms with van der Waals surface area (Å²) in [4.78, 5) is 11.3. The van der Waals surface area contributed by atoms with E-state index in [4.69, 9.17) is 14.3 Å². The van der Waals surface area contributed by atoms with Gasteiger partial charge in [0.25, 0.3) is 0 Å². The Morgan fingerprint density at radius 3 is 2.38 bits per heavy atom. The molecule has 1 aliphatic carbocycles. The minimum Gasteiger partial charge on any atom is -0.493 e. The lowest BCUT2D eigenvalue weighted by atomic mass is 9.85. The number of oxime groups is 1. The van der Waals surface area contributed by atoms with Gasteiger partial charge in [-0.1, -0.05) is 11.6 Å². The zero-order valence-electron chi connectivity index (χ0n) is 19.7. The van der Waals surface area contributed by atoms with Crippen LogP contribution in [0.5, 0.6) is 11.5 Å². The number of rotatable bonds is 7. The summed E-state index contributed by atoms with van der Waals surface area (Å²) in [5.74, 6) is 1.64. The molecule has 3 heterocycles. The van der Waals surface area contributed by atoms with Gasteiger partial charge in [-0.2, -0.15) is 0 Å². The number of ether oxygens (including phenoxy) is 2. The Kier molecular flexibility index (Phi) is 6.88. The fourth-order valence-electron chi connectivity index (χ4n) is 5.73. The largest absolute Gasteiger partial charge is 0.493 e. The van der Waals surface area contributed by atoms with Crippen LogP contribution in [0, 0.1) is 0 Å². The van der Waals surface area contributed by atoms with Gasteiger partial charge < -0.3 is 24.1 Å². The molecule has 1 spiro atoms. The van der Waals surface area contributed by atoms with Crippen molar-refractivity contribution in [2.24, 2.45) is 5.16 Å². The molecule has 0 N–H and O–H groups in total. The summed E-state index contributed by atoms with van der Waals surface area (Å²) >= 11 is 0. The second kappa shape index (κ2) is 10.0. The van der Waals surface area contributed by atoms with E-state index in [-0.39, 0.29) is 5.60 Å². The molecule has 1 aromatic rings. The maximum atomic E-state index is 6.29. The SMILES string of the molecule is COc1ccc(C2=NOC3(CCN(CCN4CCCCC4)CC3)C2)cc1OC1CCCC1. The van der Waals surface area contributed by atoms with Crippen LogP contribution in [0.15, 0.2) is 23.4 Å². The lowest BCUT2D eigenvalue weighted by molar-refractivity contribution is -0.0622. The Morgan fingerprint density at radius 1 is 0.938 bits per heavy atom. The van der Waals surface area contributed by atoms with E-state index in [9.17, 15) is 0 Å². The molecule has 3 aliphatic heterocycles. The highest BCUT2D eigenvalue weighted by molar-refractivity contribution is 6.02. The van der Waals surface area contributed by atoms with Crippen LogP contribution in [0.1, 0.15) is 69.8 Å². The van der Waals surface area contributed by atoms with Crippen molar-refractivity contribution >= 4 is 5.71 Å². The van der Waals surface area contributed by atoms with E-state index in [2.05, 4.69) is 27.1 Å². The van der Waals surface area contributed by atoms with Gasteiger partial charge in [0.1, 0.15) is 5.60 Å².